The molecular formula is C12H26N2O2S. The predicted molar refractivity (Wildman–Crippen MR) is 71.2 cm³/mol. The summed E-state index contributed by atoms with van der Waals surface area (Å²) in [5.74, 6) is 0.518. The van der Waals surface area contributed by atoms with E-state index in [4.69, 9.17) is 5.73 Å². The van der Waals surface area contributed by atoms with Crippen molar-refractivity contribution >= 4 is 10.0 Å². The van der Waals surface area contributed by atoms with Crippen LogP contribution in [0.3, 0.4) is 0 Å². The van der Waals surface area contributed by atoms with Crippen molar-refractivity contribution in [3.63, 3.8) is 0 Å². The normalized spacial score (nSPS) is 25.8. The van der Waals surface area contributed by atoms with Gasteiger partial charge in [-0.1, -0.05) is 20.8 Å². The van der Waals surface area contributed by atoms with Gasteiger partial charge in [0, 0.05) is 19.1 Å². The van der Waals surface area contributed by atoms with Crippen LogP contribution in [0.2, 0.25) is 0 Å². The Morgan fingerprint density at radius 2 is 2.00 bits per heavy atom. The highest BCUT2D eigenvalue weighted by molar-refractivity contribution is 7.89. The third-order valence-electron chi connectivity index (χ3n) is 3.17. The molecule has 0 saturated carbocycles. The maximum atomic E-state index is 12.3. The molecule has 0 spiro atoms. The summed E-state index contributed by atoms with van der Waals surface area (Å²) in [6.07, 6.45) is 1.97. The van der Waals surface area contributed by atoms with Gasteiger partial charge in [0.1, 0.15) is 0 Å². The van der Waals surface area contributed by atoms with Gasteiger partial charge in [0.15, 0.2) is 0 Å². The number of piperidine rings is 1. The van der Waals surface area contributed by atoms with Crippen LogP contribution >= 0.6 is 0 Å². The van der Waals surface area contributed by atoms with Crippen LogP contribution in [-0.2, 0) is 10.0 Å². The van der Waals surface area contributed by atoms with E-state index >= 15 is 0 Å². The van der Waals surface area contributed by atoms with Gasteiger partial charge in [-0.05, 0) is 31.1 Å². The van der Waals surface area contributed by atoms with Crippen molar-refractivity contribution in [2.75, 3.05) is 18.8 Å². The molecule has 0 aromatic rings. The Labute approximate surface area is 106 Å². The van der Waals surface area contributed by atoms with Gasteiger partial charge in [-0.2, -0.15) is 0 Å². The third kappa shape index (κ3) is 4.56. The summed E-state index contributed by atoms with van der Waals surface area (Å²) in [6, 6.07) is 0.0719. The van der Waals surface area contributed by atoms with E-state index in [1.165, 1.54) is 0 Å². The molecule has 1 saturated heterocycles. The molecule has 4 nitrogen and oxygen atoms in total. The monoisotopic (exact) mass is 262 g/mol. The van der Waals surface area contributed by atoms with Crippen LogP contribution < -0.4 is 5.73 Å². The van der Waals surface area contributed by atoms with Crippen LogP contribution in [-0.4, -0.2) is 37.6 Å². The first-order chi connectivity index (χ1) is 7.62. The summed E-state index contributed by atoms with van der Waals surface area (Å²) in [5, 5.41) is 0. The summed E-state index contributed by atoms with van der Waals surface area (Å²) in [5.41, 5.74) is 5.68. The van der Waals surface area contributed by atoms with E-state index in [9.17, 15) is 8.42 Å². The summed E-state index contributed by atoms with van der Waals surface area (Å²) in [4.78, 5) is 0. The van der Waals surface area contributed by atoms with E-state index in [0.29, 0.717) is 19.0 Å². The van der Waals surface area contributed by atoms with Crippen molar-refractivity contribution in [3.8, 4) is 0 Å². The quantitative estimate of drug-likeness (QED) is 0.836. The Morgan fingerprint density at radius 3 is 2.47 bits per heavy atom. The van der Waals surface area contributed by atoms with Crippen LogP contribution in [0.25, 0.3) is 0 Å². The molecule has 1 aliphatic heterocycles. The lowest BCUT2D eigenvalue weighted by atomic mass is 9.93. The fraction of sp³-hybridized carbons (Fsp3) is 1.00. The SMILES string of the molecule is CC(N)C1CCCN(S(=O)(=O)CC(C)(C)C)C1. The zero-order chi connectivity index (χ0) is 13.3. The average Bonchev–Trinajstić information content (AvgIpc) is 2.14. The van der Waals surface area contributed by atoms with Gasteiger partial charge >= 0.3 is 0 Å². The molecule has 1 heterocycles. The Morgan fingerprint density at radius 1 is 1.41 bits per heavy atom. The van der Waals surface area contributed by atoms with Crippen molar-refractivity contribution in [2.45, 2.75) is 46.6 Å². The molecule has 2 unspecified atom stereocenters. The maximum Gasteiger partial charge on any atom is 0.214 e. The van der Waals surface area contributed by atoms with Crippen molar-refractivity contribution in [1.29, 1.82) is 0 Å². The minimum atomic E-state index is -3.13. The molecule has 1 fully saturated rings. The van der Waals surface area contributed by atoms with Crippen LogP contribution in [0.5, 0.6) is 0 Å². The zero-order valence-electron chi connectivity index (χ0n) is 11.4. The second-order valence-electron chi connectivity index (χ2n) is 6.44. The maximum absolute atomic E-state index is 12.3. The van der Waals surface area contributed by atoms with Crippen LogP contribution in [0.1, 0.15) is 40.5 Å². The van der Waals surface area contributed by atoms with E-state index in [-0.39, 0.29) is 17.2 Å². The molecule has 0 bridgehead atoms. The Balaban J connectivity index is 2.72. The smallest absolute Gasteiger partial charge is 0.214 e. The van der Waals surface area contributed by atoms with Gasteiger partial charge in [0.25, 0.3) is 0 Å². The van der Waals surface area contributed by atoms with Gasteiger partial charge < -0.3 is 5.73 Å². The summed E-state index contributed by atoms with van der Waals surface area (Å²) < 4.78 is 26.1. The van der Waals surface area contributed by atoms with E-state index in [1.54, 1.807) is 4.31 Å². The first-order valence-corrected chi connectivity index (χ1v) is 7.96. The van der Waals surface area contributed by atoms with Gasteiger partial charge in [-0.15, -0.1) is 0 Å². The minimum absolute atomic E-state index is 0.0719. The fourth-order valence-corrected chi connectivity index (χ4v) is 4.40. The molecular weight excluding hydrogens is 236 g/mol. The van der Waals surface area contributed by atoms with Gasteiger partial charge in [0.2, 0.25) is 10.0 Å². The number of rotatable bonds is 3. The second-order valence-corrected chi connectivity index (χ2v) is 8.41. The number of hydrogen-bond acceptors (Lipinski definition) is 3. The molecule has 1 aliphatic rings. The number of nitrogens with two attached hydrogens (primary N) is 1. The standard InChI is InChI=1S/C12H26N2O2S/c1-10(13)11-6-5-7-14(8-11)17(15,16)9-12(2,3)4/h10-11H,5-9,13H2,1-4H3. The van der Waals surface area contributed by atoms with Crippen molar-refractivity contribution in [1.82, 2.24) is 4.31 Å². The molecule has 0 aromatic carbocycles. The summed E-state index contributed by atoms with van der Waals surface area (Å²) >= 11 is 0. The summed E-state index contributed by atoms with van der Waals surface area (Å²) in [6.45, 7) is 9.08. The first kappa shape index (κ1) is 14.9. The second kappa shape index (κ2) is 5.24. The number of sulfonamides is 1. The van der Waals surface area contributed by atoms with E-state index < -0.39 is 10.0 Å². The van der Waals surface area contributed by atoms with E-state index in [2.05, 4.69) is 0 Å². The van der Waals surface area contributed by atoms with Crippen molar-refractivity contribution in [2.24, 2.45) is 17.1 Å². The largest absolute Gasteiger partial charge is 0.328 e. The highest BCUT2D eigenvalue weighted by Crippen LogP contribution is 2.25. The van der Waals surface area contributed by atoms with E-state index in [1.807, 2.05) is 27.7 Å². The molecule has 102 valence electrons. The first-order valence-electron chi connectivity index (χ1n) is 6.35. The lowest BCUT2D eigenvalue weighted by Gasteiger charge is -2.35. The average molecular weight is 262 g/mol. The van der Waals surface area contributed by atoms with Gasteiger partial charge in [-0.25, -0.2) is 12.7 Å². The molecule has 2 atom stereocenters. The summed E-state index contributed by atoms with van der Waals surface area (Å²) in [7, 11) is -3.13. The Kier molecular flexibility index (Phi) is 4.60. The molecule has 0 aliphatic carbocycles. The van der Waals surface area contributed by atoms with Crippen LogP contribution in [0, 0.1) is 11.3 Å². The Bertz CT molecular complexity index is 344. The fourth-order valence-electron chi connectivity index (χ4n) is 2.29. The van der Waals surface area contributed by atoms with Crippen LogP contribution in [0.4, 0.5) is 0 Å². The van der Waals surface area contributed by atoms with Gasteiger partial charge in [0.05, 0.1) is 5.75 Å². The third-order valence-corrected chi connectivity index (χ3v) is 5.52. The molecule has 0 aromatic heterocycles. The van der Waals surface area contributed by atoms with E-state index in [0.717, 1.165) is 12.8 Å². The molecule has 2 N–H and O–H groups in total. The zero-order valence-corrected chi connectivity index (χ0v) is 12.3. The molecule has 0 amide bonds. The number of nitrogens with zero attached hydrogens (tertiary/aromatic N) is 1. The molecule has 0 radical (unpaired) electrons. The van der Waals surface area contributed by atoms with Crippen molar-refractivity contribution in [3.05, 3.63) is 0 Å². The molecule has 5 heteroatoms. The van der Waals surface area contributed by atoms with Gasteiger partial charge in [-0.3, -0.25) is 0 Å². The lowest BCUT2D eigenvalue weighted by Crippen LogP contribution is -2.46. The predicted octanol–water partition coefficient (Wildman–Crippen LogP) is 1.42. The van der Waals surface area contributed by atoms with Crippen molar-refractivity contribution < 1.29 is 8.42 Å². The lowest BCUT2D eigenvalue weighted by molar-refractivity contribution is 0.241. The highest BCUT2D eigenvalue weighted by atomic mass is 32.2. The van der Waals surface area contributed by atoms with Crippen LogP contribution in [0.15, 0.2) is 0 Å². The molecule has 1 rings (SSSR count). The Hall–Kier alpha value is -0.130. The number of hydrogen-bond donors (Lipinski definition) is 1. The topological polar surface area (TPSA) is 63.4 Å². The molecule has 17 heavy (non-hydrogen) atoms. The minimum Gasteiger partial charge on any atom is -0.328 e. The highest BCUT2D eigenvalue weighted by Gasteiger charge is 2.32.